The van der Waals surface area contributed by atoms with Crippen LogP contribution in [-0.4, -0.2) is 6.54 Å². The summed E-state index contributed by atoms with van der Waals surface area (Å²) in [4.78, 5) is 0. The van der Waals surface area contributed by atoms with Crippen molar-refractivity contribution in [1.82, 2.24) is 0 Å². The van der Waals surface area contributed by atoms with E-state index in [4.69, 9.17) is 5.73 Å². The fourth-order valence-electron chi connectivity index (χ4n) is 1.14. The second-order valence-electron chi connectivity index (χ2n) is 2.42. The molecule has 1 rings (SSSR count). The van der Waals surface area contributed by atoms with Crippen LogP contribution >= 0.6 is 15.9 Å². The van der Waals surface area contributed by atoms with Gasteiger partial charge < -0.3 is 5.73 Å². The van der Waals surface area contributed by atoms with Crippen LogP contribution in [0.5, 0.6) is 0 Å². The molecule has 0 aromatic heterocycles. The zero-order valence-electron chi connectivity index (χ0n) is 5.49. The van der Waals surface area contributed by atoms with Crippen molar-refractivity contribution in [1.29, 1.82) is 0 Å². The van der Waals surface area contributed by atoms with Crippen LogP contribution in [0.1, 0.15) is 25.7 Å². The van der Waals surface area contributed by atoms with Crippen molar-refractivity contribution >= 4 is 15.9 Å². The van der Waals surface area contributed by atoms with Crippen molar-refractivity contribution in [3.8, 4) is 0 Å². The van der Waals surface area contributed by atoms with Gasteiger partial charge in [-0.2, -0.15) is 0 Å². The molecule has 0 saturated carbocycles. The Bertz CT molecular complexity index is 129. The lowest BCUT2D eigenvalue weighted by Crippen LogP contribution is -2.07. The highest BCUT2D eigenvalue weighted by atomic mass is 79.9. The van der Waals surface area contributed by atoms with Gasteiger partial charge in [-0.05, 0) is 35.7 Å². The number of halogens is 1. The van der Waals surface area contributed by atoms with E-state index in [9.17, 15) is 0 Å². The number of nitrogens with two attached hydrogens (primary N) is 1. The van der Waals surface area contributed by atoms with Gasteiger partial charge in [-0.25, -0.2) is 0 Å². The number of hydrogen-bond donors (Lipinski definition) is 1. The predicted molar refractivity (Wildman–Crippen MR) is 43.5 cm³/mol. The molecule has 0 aromatic carbocycles. The van der Waals surface area contributed by atoms with Gasteiger partial charge in [0.05, 0.1) is 0 Å². The first-order chi connectivity index (χ1) is 4.34. The Labute approximate surface area is 64.4 Å². The second-order valence-corrected chi connectivity index (χ2v) is 3.38. The van der Waals surface area contributed by atoms with Crippen LogP contribution in [0.25, 0.3) is 0 Å². The van der Waals surface area contributed by atoms with Crippen molar-refractivity contribution in [2.75, 3.05) is 6.54 Å². The highest BCUT2D eigenvalue weighted by molar-refractivity contribution is 9.11. The SMILES string of the molecule is NCC1=C(Br)CCCC1. The van der Waals surface area contributed by atoms with Gasteiger partial charge in [0, 0.05) is 6.54 Å². The van der Waals surface area contributed by atoms with Gasteiger partial charge in [-0.15, -0.1) is 0 Å². The second kappa shape index (κ2) is 3.37. The largest absolute Gasteiger partial charge is 0.327 e. The van der Waals surface area contributed by atoms with Crippen molar-refractivity contribution in [3.05, 3.63) is 10.1 Å². The van der Waals surface area contributed by atoms with Crippen LogP contribution in [0, 0.1) is 0 Å². The van der Waals surface area contributed by atoms with Gasteiger partial charge in [-0.3, -0.25) is 0 Å². The maximum atomic E-state index is 5.51. The van der Waals surface area contributed by atoms with Crippen molar-refractivity contribution in [2.24, 2.45) is 5.73 Å². The zero-order chi connectivity index (χ0) is 6.69. The Morgan fingerprint density at radius 3 is 2.44 bits per heavy atom. The highest BCUT2D eigenvalue weighted by Crippen LogP contribution is 2.27. The Hall–Kier alpha value is 0.180. The van der Waals surface area contributed by atoms with Crippen molar-refractivity contribution in [2.45, 2.75) is 25.7 Å². The van der Waals surface area contributed by atoms with Crippen LogP contribution in [0.4, 0.5) is 0 Å². The van der Waals surface area contributed by atoms with Gasteiger partial charge >= 0.3 is 0 Å². The third-order valence-corrected chi connectivity index (χ3v) is 2.71. The van der Waals surface area contributed by atoms with Gasteiger partial charge in [0.2, 0.25) is 0 Å². The molecule has 0 spiro atoms. The van der Waals surface area contributed by atoms with E-state index in [0.29, 0.717) is 0 Å². The molecule has 2 N–H and O–H groups in total. The standard InChI is InChI=1S/C7H12BrN/c8-7-4-2-1-3-6(7)5-9/h1-5,9H2. The molecule has 0 radical (unpaired) electrons. The monoisotopic (exact) mass is 189 g/mol. The molecule has 0 unspecified atom stereocenters. The van der Waals surface area contributed by atoms with E-state index in [-0.39, 0.29) is 0 Å². The molecular formula is C7H12BrN. The molecule has 52 valence electrons. The summed E-state index contributed by atoms with van der Waals surface area (Å²) in [5, 5.41) is 0. The quantitative estimate of drug-likeness (QED) is 0.673. The van der Waals surface area contributed by atoms with Crippen molar-refractivity contribution in [3.63, 3.8) is 0 Å². The van der Waals surface area contributed by atoms with Crippen LogP contribution in [0.2, 0.25) is 0 Å². The fourth-order valence-corrected chi connectivity index (χ4v) is 1.78. The van der Waals surface area contributed by atoms with Gasteiger partial charge in [-0.1, -0.05) is 15.9 Å². The minimum atomic E-state index is 0.737. The normalized spacial score (nSPS) is 20.7. The maximum absolute atomic E-state index is 5.51. The van der Waals surface area contributed by atoms with E-state index in [1.54, 1.807) is 0 Å². The van der Waals surface area contributed by atoms with E-state index >= 15 is 0 Å². The van der Waals surface area contributed by atoms with Crippen LogP contribution in [0.3, 0.4) is 0 Å². The number of allylic oxidation sites excluding steroid dienone is 1. The lowest BCUT2D eigenvalue weighted by Gasteiger charge is -2.13. The zero-order valence-corrected chi connectivity index (χ0v) is 7.08. The summed E-state index contributed by atoms with van der Waals surface area (Å²) in [6, 6.07) is 0. The minimum absolute atomic E-state index is 0.737. The van der Waals surface area contributed by atoms with Crippen LogP contribution in [0.15, 0.2) is 10.1 Å². The predicted octanol–water partition coefficient (Wildman–Crippen LogP) is 2.17. The smallest absolute Gasteiger partial charge is 0.0147 e. The molecule has 0 atom stereocenters. The Balaban J connectivity index is 2.59. The Morgan fingerprint density at radius 2 is 2.00 bits per heavy atom. The average molecular weight is 190 g/mol. The van der Waals surface area contributed by atoms with E-state index in [0.717, 1.165) is 6.54 Å². The third kappa shape index (κ3) is 1.80. The van der Waals surface area contributed by atoms with Gasteiger partial charge in [0.25, 0.3) is 0 Å². The lowest BCUT2D eigenvalue weighted by atomic mass is 10.00. The molecule has 0 heterocycles. The molecule has 2 heteroatoms. The summed E-state index contributed by atoms with van der Waals surface area (Å²) in [5.74, 6) is 0. The van der Waals surface area contributed by atoms with E-state index in [1.165, 1.54) is 35.7 Å². The fraction of sp³-hybridized carbons (Fsp3) is 0.714. The lowest BCUT2D eigenvalue weighted by molar-refractivity contribution is 0.686. The molecule has 1 aliphatic rings. The molecule has 1 nitrogen and oxygen atoms in total. The summed E-state index contributed by atoms with van der Waals surface area (Å²) < 4.78 is 1.36. The summed E-state index contributed by atoms with van der Waals surface area (Å²) in [6.07, 6.45) is 5.05. The van der Waals surface area contributed by atoms with E-state index < -0.39 is 0 Å². The Kier molecular flexibility index (Phi) is 2.73. The molecule has 0 fully saturated rings. The topological polar surface area (TPSA) is 26.0 Å². The van der Waals surface area contributed by atoms with Gasteiger partial charge in [0.15, 0.2) is 0 Å². The number of hydrogen-bond acceptors (Lipinski definition) is 1. The molecule has 0 bridgehead atoms. The molecule has 0 aliphatic heterocycles. The van der Waals surface area contributed by atoms with Gasteiger partial charge in [0.1, 0.15) is 0 Å². The van der Waals surface area contributed by atoms with Crippen LogP contribution in [-0.2, 0) is 0 Å². The summed E-state index contributed by atoms with van der Waals surface area (Å²) in [7, 11) is 0. The van der Waals surface area contributed by atoms with E-state index in [2.05, 4.69) is 15.9 Å². The van der Waals surface area contributed by atoms with E-state index in [1.807, 2.05) is 0 Å². The first-order valence-electron chi connectivity index (χ1n) is 3.41. The Morgan fingerprint density at radius 1 is 1.33 bits per heavy atom. The molecule has 0 saturated heterocycles. The summed E-state index contributed by atoms with van der Waals surface area (Å²) in [6.45, 7) is 0.737. The first kappa shape index (κ1) is 7.29. The van der Waals surface area contributed by atoms with Crippen molar-refractivity contribution < 1.29 is 0 Å². The molecule has 9 heavy (non-hydrogen) atoms. The third-order valence-electron chi connectivity index (χ3n) is 1.75. The summed E-state index contributed by atoms with van der Waals surface area (Å²) in [5.41, 5.74) is 6.92. The average Bonchev–Trinajstić information content (AvgIpc) is 1.89. The molecular weight excluding hydrogens is 178 g/mol. The minimum Gasteiger partial charge on any atom is -0.327 e. The number of rotatable bonds is 1. The van der Waals surface area contributed by atoms with Crippen LogP contribution < -0.4 is 5.73 Å². The molecule has 0 aromatic rings. The highest BCUT2D eigenvalue weighted by Gasteiger charge is 2.07. The summed E-state index contributed by atoms with van der Waals surface area (Å²) >= 11 is 3.51. The molecule has 1 aliphatic carbocycles. The molecule has 0 amide bonds. The first-order valence-corrected chi connectivity index (χ1v) is 4.20. The maximum Gasteiger partial charge on any atom is 0.0147 e.